The van der Waals surface area contributed by atoms with E-state index >= 15 is 0 Å². The monoisotopic (exact) mass is 208 g/mol. The average molecular weight is 208 g/mol. The highest BCUT2D eigenvalue weighted by Crippen LogP contribution is 2.50. The molecule has 3 rings (SSSR count). The molecule has 0 aromatic rings. The first-order valence-electron chi connectivity index (χ1n) is 5.77. The lowest BCUT2D eigenvalue weighted by molar-refractivity contribution is -0.130. The zero-order valence-corrected chi connectivity index (χ0v) is 8.74. The Bertz CT molecular complexity index is 323. The number of hydrogen-bond acceptors (Lipinski definition) is 3. The van der Waals surface area contributed by atoms with Gasteiger partial charge in [0.25, 0.3) is 11.9 Å². The molecule has 2 atom stereocenters. The Hall–Kier alpha value is -1.06. The predicted molar refractivity (Wildman–Crippen MR) is 55.1 cm³/mol. The van der Waals surface area contributed by atoms with Crippen molar-refractivity contribution in [3.63, 3.8) is 0 Å². The van der Waals surface area contributed by atoms with Crippen molar-refractivity contribution in [1.29, 1.82) is 0 Å². The third kappa shape index (κ3) is 1.27. The summed E-state index contributed by atoms with van der Waals surface area (Å²) in [5.74, 6) is 1.17. The molecule has 0 radical (unpaired) electrons. The highest BCUT2D eigenvalue weighted by molar-refractivity contribution is 6.01. The van der Waals surface area contributed by atoms with E-state index in [9.17, 15) is 4.79 Å². The average Bonchev–Trinajstić information content (AvgIpc) is 2.67. The molecular weight excluding hydrogens is 192 g/mol. The van der Waals surface area contributed by atoms with Gasteiger partial charge in [0.15, 0.2) is 5.60 Å². The van der Waals surface area contributed by atoms with E-state index in [0.717, 1.165) is 12.8 Å². The number of ether oxygens (including phenoxy) is 1. The van der Waals surface area contributed by atoms with Crippen molar-refractivity contribution in [3.05, 3.63) is 0 Å². The molecule has 1 spiro atoms. The fourth-order valence-electron chi connectivity index (χ4n) is 3.48. The Morgan fingerprint density at radius 1 is 1.27 bits per heavy atom. The summed E-state index contributed by atoms with van der Waals surface area (Å²) in [5, 5.41) is 0. The van der Waals surface area contributed by atoms with Gasteiger partial charge in [0, 0.05) is 0 Å². The van der Waals surface area contributed by atoms with E-state index in [1.165, 1.54) is 25.7 Å². The Morgan fingerprint density at radius 2 is 1.87 bits per heavy atom. The maximum absolute atomic E-state index is 11.8. The standard InChI is InChI=1S/C11H16N2O2/c12-10-13-9(14)11(15-10)5-7-3-1-2-4-8(7)6-11/h7-8H,1-6H2,(H2,12,13,14). The van der Waals surface area contributed by atoms with Gasteiger partial charge in [-0.25, -0.2) is 0 Å². The molecule has 4 nitrogen and oxygen atoms in total. The van der Waals surface area contributed by atoms with Crippen molar-refractivity contribution in [2.24, 2.45) is 22.6 Å². The van der Waals surface area contributed by atoms with Crippen LogP contribution in [0.15, 0.2) is 4.99 Å². The van der Waals surface area contributed by atoms with Gasteiger partial charge in [-0.2, -0.15) is 4.99 Å². The maximum Gasteiger partial charge on any atom is 0.294 e. The quantitative estimate of drug-likeness (QED) is 0.650. The first-order chi connectivity index (χ1) is 7.20. The van der Waals surface area contributed by atoms with Gasteiger partial charge in [-0.3, -0.25) is 4.79 Å². The molecule has 15 heavy (non-hydrogen) atoms. The highest BCUT2D eigenvalue weighted by atomic mass is 16.5. The van der Waals surface area contributed by atoms with Gasteiger partial charge in [-0.05, 0) is 24.7 Å². The molecule has 0 aromatic carbocycles. The lowest BCUT2D eigenvalue weighted by atomic mass is 9.82. The van der Waals surface area contributed by atoms with E-state index in [4.69, 9.17) is 10.5 Å². The van der Waals surface area contributed by atoms with Crippen LogP contribution in [0, 0.1) is 11.8 Å². The molecule has 1 aliphatic heterocycles. The minimum Gasteiger partial charge on any atom is -0.448 e. The van der Waals surface area contributed by atoms with Crippen molar-refractivity contribution < 1.29 is 9.53 Å². The van der Waals surface area contributed by atoms with Gasteiger partial charge in [0.05, 0.1) is 0 Å². The van der Waals surface area contributed by atoms with Gasteiger partial charge < -0.3 is 10.5 Å². The largest absolute Gasteiger partial charge is 0.448 e. The van der Waals surface area contributed by atoms with E-state index in [2.05, 4.69) is 4.99 Å². The Balaban J connectivity index is 1.83. The lowest BCUT2D eigenvalue weighted by Crippen LogP contribution is -2.35. The number of nitrogens with two attached hydrogens (primary N) is 1. The zero-order chi connectivity index (χ0) is 10.5. The normalized spacial score (nSPS) is 44.0. The summed E-state index contributed by atoms with van der Waals surface area (Å²) < 4.78 is 5.49. The number of carbonyl (C=O) groups is 1. The number of amides is 1. The molecule has 2 aliphatic carbocycles. The smallest absolute Gasteiger partial charge is 0.294 e. The molecule has 0 saturated heterocycles. The Labute approximate surface area is 88.9 Å². The van der Waals surface area contributed by atoms with Crippen LogP contribution in [-0.2, 0) is 9.53 Å². The first-order valence-corrected chi connectivity index (χ1v) is 5.77. The van der Waals surface area contributed by atoms with E-state index in [1.54, 1.807) is 0 Å². The Morgan fingerprint density at radius 3 is 2.33 bits per heavy atom. The van der Waals surface area contributed by atoms with E-state index in [1.807, 2.05) is 0 Å². The predicted octanol–water partition coefficient (Wildman–Crippen LogP) is 1.20. The van der Waals surface area contributed by atoms with Gasteiger partial charge >= 0.3 is 0 Å². The van der Waals surface area contributed by atoms with Crippen LogP contribution in [0.1, 0.15) is 38.5 Å². The van der Waals surface area contributed by atoms with Crippen LogP contribution in [0.3, 0.4) is 0 Å². The fourth-order valence-corrected chi connectivity index (χ4v) is 3.48. The van der Waals surface area contributed by atoms with Crippen LogP contribution in [-0.4, -0.2) is 17.5 Å². The van der Waals surface area contributed by atoms with Crippen molar-refractivity contribution in [3.8, 4) is 0 Å². The molecule has 4 heteroatoms. The molecule has 82 valence electrons. The molecule has 0 bridgehead atoms. The van der Waals surface area contributed by atoms with Crippen LogP contribution >= 0.6 is 0 Å². The number of carbonyl (C=O) groups excluding carboxylic acids is 1. The third-order valence-electron chi connectivity index (χ3n) is 4.15. The molecule has 2 unspecified atom stereocenters. The van der Waals surface area contributed by atoms with Gasteiger partial charge in [-0.15, -0.1) is 0 Å². The molecule has 1 amide bonds. The van der Waals surface area contributed by atoms with Crippen LogP contribution in [0.4, 0.5) is 0 Å². The molecular formula is C11H16N2O2. The molecule has 1 heterocycles. The topological polar surface area (TPSA) is 64.7 Å². The van der Waals surface area contributed by atoms with E-state index in [-0.39, 0.29) is 11.9 Å². The van der Waals surface area contributed by atoms with Crippen molar-refractivity contribution >= 4 is 11.9 Å². The lowest BCUT2D eigenvalue weighted by Gasteiger charge is -2.23. The van der Waals surface area contributed by atoms with Crippen LogP contribution in [0.25, 0.3) is 0 Å². The Kier molecular flexibility index (Phi) is 1.82. The van der Waals surface area contributed by atoms with Gasteiger partial charge in [-0.1, -0.05) is 25.7 Å². The first kappa shape index (κ1) is 9.19. The summed E-state index contributed by atoms with van der Waals surface area (Å²) in [6.07, 6.45) is 6.73. The number of aliphatic imine (C=N–C) groups is 1. The summed E-state index contributed by atoms with van der Waals surface area (Å²) in [7, 11) is 0. The number of fused-ring (bicyclic) bond motifs is 1. The molecule has 2 fully saturated rings. The summed E-state index contributed by atoms with van der Waals surface area (Å²) in [4.78, 5) is 15.5. The zero-order valence-electron chi connectivity index (χ0n) is 8.74. The second-order valence-electron chi connectivity index (χ2n) is 5.06. The van der Waals surface area contributed by atoms with Crippen molar-refractivity contribution in [1.82, 2.24) is 0 Å². The second-order valence-corrected chi connectivity index (χ2v) is 5.06. The molecule has 2 N–H and O–H groups in total. The maximum atomic E-state index is 11.8. The van der Waals surface area contributed by atoms with Crippen LogP contribution in [0.2, 0.25) is 0 Å². The summed E-state index contributed by atoms with van der Waals surface area (Å²) >= 11 is 0. The highest BCUT2D eigenvalue weighted by Gasteiger charge is 2.55. The molecule has 3 aliphatic rings. The number of hydrogen-bond donors (Lipinski definition) is 1. The minimum absolute atomic E-state index is 0.0682. The summed E-state index contributed by atoms with van der Waals surface area (Å²) in [5.41, 5.74) is 4.81. The number of nitrogens with zero attached hydrogens (tertiary/aromatic N) is 1. The number of rotatable bonds is 0. The molecule has 0 aromatic heterocycles. The number of amidine groups is 1. The van der Waals surface area contributed by atoms with E-state index in [0.29, 0.717) is 11.8 Å². The summed E-state index contributed by atoms with van der Waals surface area (Å²) in [6, 6.07) is 0.0682. The SMILES string of the molecule is NC1=NC(=O)C2(CC3CCCCC3C2)O1. The van der Waals surface area contributed by atoms with Crippen LogP contribution in [0.5, 0.6) is 0 Å². The summed E-state index contributed by atoms with van der Waals surface area (Å²) in [6.45, 7) is 0. The molecule has 2 saturated carbocycles. The van der Waals surface area contributed by atoms with Gasteiger partial charge in [0.1, 0.15) is 0 Å². The minimum atomic E-state index is -0.663. The van der Waals surface area contributed by atoms with Gasteiger partial charge in [0.2, 0.25) is 0 Å². The van der Waals surface area contributed by atoms with Crippen LogP contribution < -0.4 is 5.73 Å². The van der Waals surface area contributed by atoms with Crippen molar-refractivity contribution in [2.75, 3.05) is 0 Å². The fraction of sp³-hybridized carbons (Fsp3) is 0.818. The third-order valence-corrected chi connectivity index (χ3v) is 4.15. The van der Waals surface area contributed by atoms with E-state index < -0.39 is 5.60 Å². The van der Waals surface area contributed by atoms with Crippen molar-refractivity contribution in [2.45, 2.75) is 44.1 Å². The second kappa shape index (κ2) is 2.97.